The van der Waals surface area contributed by atoms with Crippen LogP contribution in [0.1, 0.15) is 22.5 Å². The van der Waals surface area contributed by atoms with Crippen molar-refractivity contribution >= 4 is 0 Å². The van der Waals surface area contributed by atoms with Gasteiger partial charge in [0.2, 0.25) is 0 Å². The number of hydrogen-bond donors (Lipinski definition) is 1. The first-order valence-electron chi connectivity index (χ1n) is 8.29. The molecular formula is C19H17F2N3O. The first kappa shape index (κ1) is 15.9. The second-order valence-corrected chi connectivity index (χ2v) is 6.13. The van der Waals surface area contributed by atoms with Gasteiger partial charge in [0.15, 0.2) is 5.82 Å². The van der Waals surface area contributed by atoms with Gasteiger partial charge in [-0.1, -0.05) is 17.3 Å². The molecule has 0 fully saturated rings. The highest BCUT2D eigenvalue weighted by molar-refractivity contribution is 5.56. The summed E-state index contributed by atoms with van der Waals surface area (Å²) < 4.78 is 32.8. The number of fused-ring (bicyclic) bond motifs is 1. The van der Waals surface area contributed by atoms with Gasteiger partial charge in [-0.15, -0.1) is 0 Å². The average Bonchev–Trinajstić information content (AvgIpc) is 2.95. The van der Waals surface area contributed by atoms with E-state index in [2.05, 4.69) is 27.6 Å². The zero-order valence-corrected chi connectivity index (χ0v) is 13.6. The fourth-order valence-corrected chi connectivity index (χ4v) is 3.11. The molecule has 3 aromatic rings. The van der Waals surface area contributed by atoms with Crippen LogP contribution in [0.15, 0.2) is 40.9 Å². The lowest BCUT2D eigenvalue weighted by Gasteiger charge is -2.05. The number of halogens is 2. The minimum atomic E-state index is -0.608. The first-order chi connectivity index (χ1) is 12.2. The smallest absolute Gasteiger partial charge is 0.257 e. The summed E-state index contributed by atoms with van der Waals surface area (Å²) >= 11 is 0. The van der Waals surface area contributed by atoms with Crippen molar-refractivity contribution in [3.63, 3.8) is 0 Å². The minimum Gasteiger partial charge on any atom is -0.334 e. The predicted molar refractivity (Wildman–Crippen MR) is 89.2 cm³/mol. The van der Waals surface area contributed by atoms with Crippen LogP contribution in [0.3, 0.4) is 0 Å². The molecule has 25 heavy (non-hydrogen) atoms. The maximum Gasteiger partial charge on any atom is 0.257 e. The Kier molecular flexibility index (Phi) is 4.28. The van der Waals surface area contributed by atoms with Gasteiger partial charge < -0.3 is 9.84 Å². The van der Waals surface area contributed by atoms with Crippen molar-refractivity contribution in [2.45, 2.75) is 19.3 Å². The summed E-state index contributed by atoms with van der Waals surface area (Å²) in [4.78, 5) is 4.30. The summed E-state index contributed by atoms with van der Waals surface area (Å²) in [5, 5.41) is 7.24. The number of nitrogens with one attached hydrogen (secondary N) is 1. The summed E-state index contributed by atoms with van der Waals surface area (Å²) in [7, 11) is 0. The number of rotatable bonds is 3. The van der Waals surface area contributed by atoms with E-state index in [1.54, 1.807) is 0 Å². The summed E-state index contributed by atoms with van der Waals surface area (Å²) in [5.41, 5.74) is 3.36. The summed E-state index contributed by atoms with van der Waals surface area (Å²) in [6.45, 7) is 1.92. The van der Waals surface area contributed by atoms with Crippen molar-refractivity contribution < 1.29 is 13.3 Å². The van der Waals surface area contributed by atoms with Crippen LogP contribution >= 0.6 is 0 Å². The largest absolute Gasteiger partial charge is 0.334 e. The van der Waals surface area contributed by atoms with E-state index in [0.29, 0.717) is 5.89 Å². The molecule has 6 heteroatoms. The molecule has 4 nitrogen and oxygen atoms in total. The van der Waals surface area contributed by atoms with Gasteiger partial charge >= 0.3 is 0 Å². The lowest BCUT2D eigenvalue weighted by Crippen LogP contribution is -2.16. The molecule has 0 atom stereocenters. The molecule has 0 aliphatic carbocycles. The van der Waals surface area contributed by atoms with E-state index < -0.39 is 11.6 Å². The van der Waals surface area contributed by atoms with Crippen molar-refractivity contribution in [2.75, 3.05) is 13.1 Å². The molecule has 0 saturated carbocycles. The highest BCUT2D eigenvalue weighted by Crippen LogP contribution is 2.24. The van der Waals surface area contributed by atoms with Crippen molar-refractivity contribution in [3.05, 3.63) is 70.5 Å². The van der Waals surface area contributed by atoms with Crippen LogP contribution in [0.2, 0.25) is 0 Å². The standard InChI is InChI=1S/C19H17F2N3O/c20-16-2-1-3-17(21)15(16)11-18-23-19(25-24-18)14-5-4-12-6-8-22-9-7-13(12)10-14/h1-5,10,22H,6-9,11H2. The van der Waals surface area contributed by atoms with E-state index in [0.717, 1.165) is 31.5 Å². The van der Waals surface area contributed by atoms with Gasteiger partial charge in [0.05, 0.1) is 0 Å². The first-order valence-corrected chi connectivity index (χ1v) is 8.29. The second kappa shape index (κ2) is 6.72. The van der Waals surface area contributed by atoms with E-state index in [-0.39, 0.29) is 17.8 Å². The van der Waals surface area contributed by atoms with Gasteiger partial charge in [0.1, 0.15) is 11.6 Å². The maximum absolute atomic E-state index is 13.8. The molecule has 0 unspecified atom stereocenters. The number of aromatic nitrogens is 2. The maximum atomic E-state index is 13.8. The van der Waals surface area contributed by atoms with Crippen LogP contribution in [0.25, 0.3) is 11.5 Å². The molecule has 4 rings (SSSR count). The van der Waals surface area contributed by atoms with Crippen LogP contribution in [0.4, 0.5) is 8.78 Å². The third kappa shape index (κ3) is 3.30. The molecular weight excluding hydrogens is 324 g/mol. The molecule has 128 valence electrons. The predicted octanol–water partition coefficient (Wildman–Crippen LogP) is 3.29. The molecule has 0 bridgehead atoms. The molecule has 1 N–H and O–H groups in total. The Morgan fingerprint density at radius 3 is 2.56 bits per heavy atom. The van der Waals surface area contributed by atoms with Crippen LogP contribution in [0.5, 0.6) is 0 Å². The Morgan fingerprint density at radius 1 is 1.00 bits per heavy atom. The minimum absolute atomic E-state index is 0.0448. The summed E-state index contributed by atoms with van der Waals surface area (Å²) in [6.07, 6.45) is 1.90. The average molecular weight is 341 g/mol. The number of benzene rings is 2. The molecule has 0 radical (unpaired) electrons. The molecule has 1 aliphatic rings. The van der Waals surface area contributed by atoms with Crippen molar-refractivity contribution in [3.8, 4) is 11.5 Å². The summed E-state index contributed by atoms with van der Waals surface area (Å²) in [5.74, 6) is -0.588. The molecule has 2 heterocycles. The normalized spacial score (nSPS) is 14.2. The van der Waals surface area contributed by atoms with Gasteiger partial charge in [-0.3, -0.25) is 0 Å². The van der Waals surface area contributed by atoms with E-state index in [1.807, 2.05) is 6.07 Å². The van der Waals surface area contributed by atoms with Crippen LogP contribution < -0.4 is 5.32 Å². The zero-order chi connectivity index (χ0) is 17.2. The lowest BCUT2D eigenvalue weighted by molar-refractivity contribution is 0.423. The highest BCUT2D eigenvalue weighted by atomic mass is 19.1. The number of hydrogen-bond acceptors (Lipinski definition) is 4. The van der Waals surface area contributed by atoms with Gasteiger partial charge in [-0.05, 0) is 61.3 Å². The quantitative estimate of drug-likeness (QED) is 0.794. The highest BCUT2D eigenvalue weighted by Gasteiger charge is 2.16. The number of nitrogens with zero attached hydrogens (tertiary/aromatic N) is 2. The van der Waals surface area contributed by atoms with Gasteiger partial charge in [-0.2, -0.15) is 4.98 Å². The third-order valence-electron chi connectivity index (χ3n) is 4.46. The molecule has 1 aromatic heterocycles. The fourth-order valence-electron chi connectivity index (χ4n) is 3.11. The Labute approximate surface area is 143 Å². The van der Waals surface area contributed by atoms with E-state index in [1.165, 1.54) is 29.3 Å². The Balaban J connectivity index is 1.60. The van der Waals surface area contributed by atoms with Gasteiger partial charge in [-0.25, -0.2) is 8.78 Å². The monoisotopic (exact) mass is 341 g/mol. The molecule has 0 amide bonds. The molecule has 2 aromatic carbocycles. The zero-order valence-electron chi connectivity index (χ0n) is 13.6. The second-order valence-electron chi connectivity index (χ2n) is 6.13. The lowest BCUT2D eigenvalue weighted by atomic mass is 10.00. The third-order valence-corrected chi connectivity index (χ3v) is 4.46. The van der Waals surface area contributed by atoms with Crippen molar-refractivity contribution in [1.82, 2.24) is 15.5 Å². The van der Waals surface area contributed by atoms with E-state index in [9.17, 15) is 8.78 Å². The molecule has 0 saturated heterocycles. The molecule has 0 spiro atoms. The van der Waals surface area contributed by atoms with E-state index in [4.69, 9.17) is 4.52 Å². The molecule has 1 aliphatic heterocycles. The van der Waals surface area contributed by atoms with Crippen molar-refractivity contribution in [2.24, 2.45) is 0 Å². The fraction of sp³-hybridized carbons (Fsp3) is 0.263. The van der Waals surface area contributed by atoms with Gasteiger partial charge in [0.25, 0.3) is 5.89 Å². The SMILES string of the molecule is Fc1cccc(F)c1Cc1noc(-c2ccc3c(c2)CCNCC3)n1. The summed E-state index contributed by atoms with van der Waals surface area (Å²) in [6, 6.07) is 9.87. The van der Waals surface area contributed by atoms with Gasteiger partial charge in [0, 0.05) is 17.5 Å². The van der Waals surface area contributed by atoms with Crippen LogP contribution in [-0.2, 0) is 19.3 Å². The van der Waals surface area contributed by atoms with Crippen LogP contribution in [-0.4, -0.2) is 23.2 Å². The Morgan fingerprint density at radius 2 is 1.76 bits per heavy atom. The Hall–Kier alpha value is -2.60. The van der Waals surface area contributed by atoms with Crippen LogP contribution in [0, 0.1) is 11.6 Å². The Bertz CT molecular complexity index is 887. The topological polar surface area (TPSA) is 51.0 Å². The van der Waals surface area contributed by atoms with Crippen molar-refractivity contribution in [1.29, 1.82) is 0 Å². The van der Waals surface area contributed by atoms with E-state index >= 15 is 0 Å².